The van der Waals surface area contributed by atoms with Crippen LogP contribution in [0.5, 0.6) is 5.75 Å². The van der Waals surface area contributed by atoms with Crippen LogP contribution in [0.2, 0.25) is 0 Å². The average Bonchev–Trinajstić information content (AvgIpc) is 2.98. The maximum atomic E-state index is 13.6. The van der Waals surface area contributed by atoms with Gasteiger partial charge in [-0.1, -0.05) is 66.7 Å². The van der Waals surface area contributed by atoms with E-state index in [1.807, 2.05) is 30.0 Å². The van der Waals surface area contributed by atoms with Gasteiger partial charge in [0.1, 0.15) is 10.6 Å². The smallest absolute Gasteiger partial charge is 0.246 e. The first-order valence-corrected chi connectivity index (χ1v) is 15.1. The summed E-state index contributed by atoms with van der Waals surface area (Å²) in [6, 6.07) is 26.3. The lowest BCUT2D eigenvalue weighted by atomic mass is 9.95. The van der Waals surface area contributed by atoms with Gasteiger partial charge in [-0.05, 0) is 48.6 Å². The Morgan fingerprint density at radius 3 is 2.08 bits per heavy atom. The standard InChI is InChI=1S/C31H37N3O4S/c1-24-15-16-28(38-2)29(22-24)39(36,37)34-17-9-14-27(23-34)31(35)33-20-18-32(19-21-33)30(25-10-5-3-6-11-25)26-12-7-4-8-13-26/h3-8,10-13,15-16,22,27,30H,9,14,17-21,23H2,1-2H3/t27-/m0/s1. The minimum Gasteiger partial charge on any atom is -0.495 e. The van der Waals surface area contributed by atoms with Gasteiger partial charge in [-0.15, -0.1) is 0 Å². The highest BCUT2D eigenvalue weighted by molar-refractivity contribution is 7.89. The number of benzene rings is 3. The number of piperidine rings is 1. The van der Waals surface area contributed by atoms with E-state index in [1.54, 1.807) is 12.1 Å². The Morgan fingerprint density at radius 2 is 1.49 bits per heavy atom. The van der Waals surface area contributed by atoms with E-state index < -0.39 is 10.0 Å². The Hall–Kier alpha value is -3.20. The van der Waals surface area contributed by atoms with E-state index in [0.717, 1.165) is 18.7 Å². The first kappa shape index (κ1) is 27.4. The van der Waals surface area contributed by atoms with Crippen molar-refractivity contribution in [1.29, 1.82) is 0 Å². The highest BCUT2D eigenvalue weighted by Gasteiger charge is 2.37. The van der Waals surface area contributed by atoms with Crippen molar-refractivity contribution in [2.75, 3.05) is 46.4 Å². The molecule has 0 saturated carbocycles. The van der Waals surface area contributed by atoms with Crippen molar-refractivity contribution < 1.29 is 17.9 Å². The van der Waals surface area contributed by atoms with Crippen LogP contribution in [-0.2, 0) is 14.8 Å². The number of hydrogen-bond acceptors (Lipinski definition) is 5. The lowest BCUT2D eigenvalue weighted by Crippen LogP contribution is -2.53. The van der Waals surface area contributed by atoms with Gasteiger partial charge in [-0.2, -0.15) is 4.31 Å². The largest absolute Gasteiger partial charge is 0.495 e. The topological polar surface area (TPSA) is 70.2 Å². The zero-order chi connectivity index (χ0) is 27.4. The SMILES string of the molecule is COc1ccc(C)cc1S(=O)(=O)N1CCC[C@H](C(=O)N2CCN(C(c3ccccc3)c3ccccc3)CC2)C1. The number of nitrogens with zero attached hydrogens (tertiary/aromatic N) is 3. The number of amides is 1. The molecule has 0 N–H and O–H groups in total. The molecule has 3 aromatic rings. The summed E-state index contributed by atoms with van der Waals surface area (Å²) in [5.74, 6) is 0.0493. The first-order valence-electron chi connectivity index (χ1n) is 13.7. The molecule has 2 aliphatic heterocycles. The molecule has 2 aliphatic rings. The second-order valence-electron chi connectivity index (χ2n) is 10.4. The van der Waals surface area contributed by atoms with Crippen LogP contribution in [0, 0.1) is 12.8 Å². The Kier molecular flexibility index (Phi) is 8.35. The van der Waals surface area contributed by atoms with Crippen LogP contribution < -0.4 is 4.74 Å². The molecule has 1 atom stereocenters. The first-order chi connectivity index (χ1) is 18.9. The van der Waals surface area contributed by atoms with E-state index in [1.165, 1.54) is 22.5 Å². The van der Waals surface area contributed by atoms with Gasteiger partial charge in [0.05, 0.1) is 19.1 Å². The molecule has 3 aromatic carbocycles. The molecule has 0 bridgehead atoms. The Bertz CT molecular complexity index is 1330. The fourth-order valence-corrected chi connectivity index (χ4v) is 7.59. The molecule has 39 heavy (non-hydrogen) atoms. The van der Waals surface area contributed by atoms with Crippen LogP contribution >= 0.6 is 0 Å². The van der Waals surface area contributed by atoms with Gasteiger partial charge >= 0.3 is 0 Å². The van der Waals surface area contributed by atoms with Crippen LogP contribution in [0.4, 0.5) is 0 Å². The summed E-state index contributed by atoms with van der Waals surface area (Å²) in [7, 11) is -2.30. The highest BCUT2D eigenvalue weighted by atomic mass is 32.2. The number of carbonyl (C=O) groups is 1. The van der Waals surface area contributed by atoms with E-state index >= 15 is 0 Å². The van der Waals surface area contributed by atoms with Gasteiger partial charge in [0.2, 0.25) is 15.9 Å². The predicted octanol–water partition coefficient (Wildman–Crippen LogP) is 4.34. The van der Waals surface area contributed by atoms with Crippen LogP contribution in [0.3, 0.4) is 0 Å². The summed E-state index contributed by atoms with van der Waals surface area (Å²) in [6.45, 7) is 5.25. The van der Waals surface area contributed by atoms with E-state index in [9.17, 15) is 13.2 Å². The molecule has 2 fully saturated rings. The molecule has 0 unspecified atom stereocenters. The monoisotopic (exact) mass is 547 g/mol. The van der Waals surface area contributed by atoms with Gasteiger partial charge in [-0.25, -0.2) is 8.42 Å². The second kappa shape index (κ2) is 11.9. The maximum Gasteiger partial charge on any atom is 0.246 e. The number of hydrogen-bond donors (Lipinski definition) is 0. The van der Waals surface area contributed by atoms with Crippen molar-refractivity contribution in [1.82, 2.24) is 14.1 Å². The molecule has 206 valence electrons. The van der Waals surface area contributed by atoms with Gasteiger partial charge in [0.15, 0.2) is 0 Å². The van der Waals surface area contributed by atoms with Crippen molar-refractivity contribution in [2.45, 2.75) is 30.7 Å². The Balaban J connectivity index is 1.27. The lowest BCUT2D eigenvalue weighted by molar-refractivity contribution is -0.138. The van der Waals surface area contributed by atoms with Crippen molar-refractivity contribution in [2.24, 2.45) is 5.92 Å². The van der Waals surface area contributed by atoms with Gasteiger partial charge in [0.25, 0.3) is 0 Å². The van der Waals surface area contributed by atoms with Gasteiger partial charge in [-0.3, -0.25) is 9.69 Å². The third-order valence-corrected chi connectivity index (χ3v) is 9.78. The van der Waals surface area contributed by atoms with Crippen molar-refractivity contribution in [3.8, 4) is 5.75 Å². The quantitative estimate of drug-likeness (QED) is 0.440. The zero-order valence-electron chi connectivity index (χ0n) is 22.7. The molecule has 8 heteroatoms. The fourth-order valence-electron chi connectivity index (χ4n) is 5.83. The number of piperazine rings is 1. The minimum atomic E-state index is -3.78. The van der Waals surface area contributed by atoms with Gasteiger partial charge in [0, 0.05) is 39.3 Å². The highest BCUT2D eigenvalue weighted by Crippen LogP contribution is 2.32. The lowest BCUT2D eigenvalue weighted by Gasteiger charge is -2.41. The van der Waals surface area contributed by atoms with Crippen molar-refractivity contribution in [3.05, 3.63) is 95.6 Å². The molecule has 2 heterocycles. The van der Waals surface area contributed by atoms with Crippen LogP contribution in [0.25, 0.3) is 0 Å². The van der Waals surface area contributed by atoms with E-state index in [2.05, 4.69) is 53.4 Å². The molecular formula is C31H37N3O4S. The maximum absolute atomic E-state index is 13.6. The van der Waals surface area contributed by atoms with E-state index in [0.29, 0.717) is 38.2 Å². The summed E-state index contributed by atoms with van der Waals surface area (Å²) in [5, 5.41) is 0. The van der Waals surface area contributed by atoms with Crippen LogP contribution in [0.15, 0.2) is 83.8 Å². The predicted molar refractivity (Wildman–Crippen MR) is 152 cm³/mol. The van der Waals surface area contributed by atoms with E-state index in [4.69, 9.17) is 4.74 Å². The average molecular weight is 548 g/mol. The summed E-state index contributed by atoms with van der Waals surface area (Å²) < 4.78 is 34.0. The minimum absolute atomic E-state index is 0.0572. The number of ether oxygens (including phenoxy) is 1. The number of sulfonamides is 1. The number of rotatable bonds is 7. The molecule has 0 spiro atoms. The number of aryl methyl sites for hydroxylation is 1. The number of carbonyl (C=O) groups excluding carboxylic acids is 1. The molecule has 0 aliphatic carbocycles. The summed E-state index contributed by atoms with van der Waals surface area (Å²) >= 11 is 0. The fraction of sp³-hybridized carbons (Fsp3) is 0.387. The third kappa shape index (κ3) is 5.88. The Morgan fingerprint density at radius 1 is 0.872 bits per heavy atom. The summed E-state index contributed by atoms with van der Waals surface area (Å²) in [5.41, 5.74) is 3.33. The summed E-state index contributed by atoms with van der Waals surface area (Å²) in [4.78, 5) is 18.2. The van der Waals surface area contributed by atoms with Crippen molar-refractivity contribution in [3.63, 3.8) is 0 Å². The molecule has 1 amide bonds. The third-order valence-electron chi connectivity index (χ3n) is 7.89. The molecule has 5 rings (SSSR count). The molecular weight excluding hydrogens is 510 g/mol. The zero-order valence-corrected chi connectivity index (χ0v) is 23.5. The summed E-state index contributed by atoms with van der Waals surface area (Å²) in [6.07, 6.45) is 1.36. The van der Waals surface area contributed by atoms with Crippen molar-refractivity contribution >= 4 is 15.9 Å². The Labute approximate surface area is 232 Å². The molecule has 0 radical (unpaired) electrons. The van der Waals surface area contributed by atoms with Crippen LogP contribution in [0.1, 0.15) is 35.6 Å². The van der Waals surface area contributed by atoms with Crippen LogP contribution in [-0.4, -0.2) is 74.8 Å². The second-order valence-corrected chi connectivity index (χ2v) is 12.3. The normalized spacial score (nSPS) is 19.3. The van der Waals surface area contributed by atoms with Gasteiger partial charge < -0.3 is 9.64 Å². The molecule has 7 nitrogen and oxygen atoms in total. The molecule has 0 aromatic heterocycles. The van der Waals surface area contributed by atoms with E-state index in [-0.39, 0.29) is 29.3 Å². The number of methoxy groups -OCH3 is 1. The molecule has 2 saturated heterocycles.